The minimum absolute atomic E-state index is 0.142. The first kappa shape index (κ1) is 11.3. The molecule has 3 heterocycles. The summed E-state index contributed by atoms with van der Waals surface area (Å²) >= 11 is 3.23. The van der Waals surface area contributed by atoms with E-state index in [0.29, 0.717) is 0 Å². The maximum absolute atomic E-state index is 10.8. The fraction of sp³-hybridized carbons (Fsp3) is 0.400. The smallest absolute Gasteiger partial charge is 0.263 e. The summed E-state index contributed by atoms with van der Waals surface area (Å²) in [6.45, 7) is 2.00. The van der Waals surface area contributed by atoms with E-state index in [2.05, 4.69) is 26.0 Å². The lowest BCUT2D eigenvalue weighted by atomic mass is 10.4. The molecule has 0 atom stereocenters. The van der Waals surface area contributed by atoms with Crippen molar-refractivity contribution < 1.29 is 4.74 Å². The fourth-order valence-corrected chi connectivity index (χ4v) is 1.75. The van der Waals surface area contributed by atoms with Crippen molar-refractivity contribution in [2.75, 3.05) is 13.2 Å². The highest BCUT2D eigenvalue weighted by Crippen LogP contribution is 2.08. The number of fused-ring (bicyclic) bond motifs is 1. The predicted octanol–water partition coefficient (Wildman–Crippen LogP) is 1.58. The first-order valence-electron chi connectivity index (χ1n) is 5.07. The minimum Gasteiger partial charge on any atom is -0.381 e. The van der Waals surface area contributed by atoms with Gasteiger partial charge in [-0.2, -0.15) is 0 Å². The molecule has 0 spiro atoms. The third-order valence-electron chi connectivity index (χ3n) is 2.18. The number of imidazole rings is 1. The molecule has 0 aliphatic carbocycles. The normalized spacial score (nSPS) is 14.8. The summed E-state index contributed by atoms with van der Waals surface area (Å²) < 4.78 is 7.26. The molecule has 2 aromatic rings. The van der Waals surface area contributed by atoms with Gasteiger partial charge in [0.1, 0.15) is 4.60 Å². The van der Waals surface area contributed by atoms with Crippen LogP contribution in [0.4, 0.5) is 0 Å². The summed E-state index contributed by atoms with van der Waals surface area (Å²) in [4.78, 5) is 14.8. The van der Waals surface area contributed by atoms with Crippen LogP contribution in [0.25, 0.3) is 5.65 Å². The molecule has 16 heavy (non-hydrogen) atoms. The molecule has 5 nitrogen and oxygen atoms in total. The van der Waals surface area contributed by atoms with Gasteiger partial charge in [-0.1, -0.05) is 0 Å². The molecule has 0 aromatic carbocycles. The second kappa shape index (κ2) is 5.27. The van der Waals surface area contributed by atoms with Crippen molar-refractivity contribution in [3.63, 3.8) is 0 Å². The van der Waals surface area contributed by atoms with Crippen LogP contribution >= 0.6 is 15.9 Å². The molecule has 1 aliphatic rings. The van der Waals surface area contributed by atoms with Crippen molar-refractivity contribution in [3.8, 4) is 0 Å². The van der Waals surface area contributed by atoms with Gasteiger partial charge in [-0.3, -0.25) is 9.89 Å². The summed E-state index contributed by atoms with van der Waals surface area (Å²) in [6, 6.07) is 3.10. The molecule has 0 saturated carbocycles. The van der Waals surface area contributed by atoms with E-state index in [1.807, 2.05) is 0 Å². The van der Waals surface area contributed by atoms with E-state index in [-0.39, 0.29) is 5.56 Å². The zero-order valence-corrected chi connectivity index (χ0v) is 10.2. The van der Waals surface area contributed by atoms with Crippen LogP contribution in [0.2, 0.25) is 0 Å². The lowest BCUT2D eigenvalue weighted by molar-refractivity contribution is 0.198. The van der Waals surface area contributed by atoms with Crippen molar-refractivity contribution in [3.05, 3.63) is 33.3 Å². The van der Waals surface area contributed by atoms with Gasteiger partial charge in [-0.05, 0) is 34.8 Å². The summed E-state index contributed by atoms with van der Waals surface area (Å²) in [5.41, 5.74) is 0.577. The number of H-pyrrole nitrogens is 1. The van der Waals surface area contributed by atoms with Crippen LogP contribution in [-0.2, 0) is 4.74 Å². The molecule has 86 valence electrons. The van der Waals surface area contributed by atoms with Crippen LogP contribution in [0.3, 0.4) is 0 Å². The Labute approximate surface area is 101 Å². The average Bonchev–Trinajstić information content (AvgIpc) is 2.93. The molecule has 0 radical (unpaired) electrons. The molecule has 0 unspecified atom stereocenters. The maximum atomic E-state index is 10.8. The van der Waals surface area contributed by atoms with Crippen LogP contribution in [0.15, 0.2) is 27.7 Å². The number of rotatable bonds is 0. The average molecular weight is 286 g/mol. The van der Waals surface area contributed by atoms with Crippen molar-refractivity contribution in [1.82, 2.24) is 14.6 Å². The number of nitrogens with zero attached hydrogens (tertiary/aromatic N) is 2. The van der Waals surface area contributed by atoms with Crippen molar-refractivity contribution >= 4 is 21.6 Å². The van der Waals surface area contributed by atoms with Crippen LogP contribution in [0.1, 0.15) is 12.8 Å². The molecule has 6 heteroatoms. The molecule has 1 N–H and O–H groups in total. The Kier molecular flexibility index (Phi) is 3.74. The third kappa shape index (κ3) is 2.70. The number of hydrogen-bond acceptors (Lipinski definition) is 3. The first-order valence-corrected chi connectivity index (χ1v) is 5.87. The second-order valence-electron chi connectivity index (χ2n) is 3.40. The van der Waals surface area contributed by atoms with Gasteiger partial charge in [0.25, 0.3) is 5.56 Å². The maximum Gasteiger partial charge on any atom is 0.263 e. The van der Waals surface area contributed by atoms with Gasteiger partial charge in [0, 0.05) is 19.3 Å². The highest BCUT2D eigenvalue weighted by Gasteiger charge is 1.97. The van der Waals surface area contributed by atoms with E-state index in [4.69, 9.17) is 4.74 Å². The molecular weight excluding hydrogens is 274 g/mol. The Morgan fingerprint density at radius 1 is 1.38 bits per heavy atom. The lowest BCUT2D eigenvalue weighted by Crippen LogP contribution is -2.08. The molecule has 0 amide bonds. The summed E-state index contributed by atoms with van der Waals surface area (Å²) in [7, 11) is 0. The van der Waals surface area contributed by atoms with Gasteiger partial charge in [0.2, 0.25) is 0 Å². The SMILES string of the molecule is C1CCOC1.O=c1ccc2ncc(Br)n2[nH]1. The van der Waals surface area contributed by atoms with E-state index < -0.39 is 0 Å². The van der Waals surface area contributed by atoms with Gasteiger partial charge in [0.05, 0.1) is 6.20 Å². The summed E-state index contributed by atoms with van der Waals surface area (Å²) in [6.07, 6.45) is 4.19. The Hall–Kier alpha value is -1.14. The Balaban J connectivity index is 0.000000162. The Morgan fingerprint density at radius 3 is 2.75 bits per heavy atom. The van der Waals surface area contributed by atoms with Gasteiger partial charge >= 0.3 is 0 Å². The number of hydrogen-bond donors (Lipinski definition) is 1. The van der Waals surface area contributed by atoms with Gasteiger partial charge in [0.15, 0.2) is 5.65 Å². The summed E-state index contributed by atoms with van der Waals surface area (Å²) in [5, 5.41) is 2.59. The van der Waals surface area contributed by atoms with E-state index in [1.165, 1.54) is 18.9 Å². The van der Waals surface area contributed by atoms with E-state index in [1.54, 1.807) is 16.8 Å². The zero-order valence-electron chi connectivity index (χ0n) is 8.65. The van der Waals surface area contributed by atoms with Gasteiger partial charge in [-0.15, -0.1) is 0 Å². The van der Waals surface area contributed by atoms with Gasteiger partial charge in [-0.25, -0.2) is 9.50 Å². The molecule has 1 fully saturated rings. The monoisotopic (exact) mass is 285 g/mol. The zero-order chi connectivity index (χ0) is 11.4. The van der Waals surface area contributed by atoms with Crippen LogP contribution in [0, 0.1) is 0 Å². The topological polar surface area (TPSA) is 59.4 Å². The molecular formula is C10H12BrN3O2. The number of ether oxygens (including phenoxy) is 1. The Morgan fingerprint density at radius 2 is 2.12 bits per heavy atom. The largest absolute Gasteiger partial charge is 0.381 e. The summed E-state index contributed by atoms with van der Waals surface area (Å²) in [5.74, 6) is 0. The van der Waals surface area contributed by atoms with E-state index >= 15 is 0 Å². The minimum atomic E-state index is -0.142. The number of aromatic amines is 1. The molecule has 1 saturated heterocycles. The third-order valence-corrected chi connectivity index (χ3v) is 2.74. The standard InChI is InChI=1S/C6H4BrN3O.C4H8O/c7-4-3-8-5-1-2-6(11)9-10(4)5;1-2-4-5-3-1/h1-3H,(H,9,11);1-4H2. The molecule has 0 bridgehead atoms. The van der Waals surface area contributed by atoms with Crippen LogP contribution in [0.5, 0.6) is 0 Å². The predicted molar refractivity (Wildman–Crippen MR) is 63.6 cm³/mol. The lowest BCUT2D eigenvalue weighted by Gasteiger charge is -1.91. The van der Waals surface area contributed by atoms with E-state index in [0.717, 1.165) is 23.5 Å². The molecule has 1 aliphatic heterocycles. The van der Waals surface area contributed by atoms with Gasteiger partial charge < -0.3 is 4.74 Å². The number of halogens is 1. The molecule has 2 aromatic heterocycles. The van der Waals surface area contributed by atoms with Crippen LogP contribution in [-0.4, -0.2) is 27.8 Å². The quantitative estimate of drug-likeness (QED) is 0.800. The van der Waals surface area contributed by atoms with Crippen molar-refractivity contribution in [2.24, 2.45) is 0 Å². The highest BCUT2D eigenvalue weighted by atomic mass is 79.9. The van der Waals surface area contributed by atoms with Crippen molar-refractivity contribution in [1.29, 1.82) is 0 Å². The Bertz CT molecular complexity index is 508. The van der Waals surface area contributed by atoms with E-state index in [9.17, 15) is 4.79 Å². The molecule has 3 rings (SSSR count). The first-order chi connectivity index (χ1) is 7.77. The highest BCUT2D eigenvalue weighted by molar-refractivity contribution is 9.10. The van der Waals surface area contributed by atoms with Crippen molar-refractivity contribution in [2.45, 2.75) is 12.8 Å². The second-order valence-corrected chi connectivity index (χ2v) is 4.22. The fourth-order valence-electron chi connectivity index (χ4n) is 1.38. The number of aromatic nitrogens is 3. The van der Waals surface area contributed by atoms with Crippen LogP contribution < -0.4 is 5.56 Å². The number of nitrogens with one attached hydrogen (secondary N) is 1.